The molecule has 0 fully saturated rings. The van der Waals surface area contributed by atoms with Gasteiger partial charge in [-0.05, 0) is 56.5 Å². The summed E-state index contributed by atoms with van der Waals surface area (Å²) < 4.78 is 17.1. The van der Waals surface area contributed by atoms with Gasteiger partial charge in [0.2, 0.25) is 5.91 Å². The second-order valence-electron chi connectivity index (χ2n) is 6.53. The first-order valence-corrected chi connectivity index (χ1v) is 9.97. The summed E-state index contributed by atoms with van der Waals surface area (Å²) in [7, 11) is -4.50. The van der Waals surface area contributed by atoms with Gasteiger partial charge in [0, 0.05) is 109 Å². The van der Waals surface area contributed by atoms with E-state index in [1.807, 2.05) is 54.6 Å². The van der Waals surface area contributed by atoms with Crippen LogP contribution in [-0.4, -0.2) is 130 Å². The number of amides is 1. The SMILES string of the molecule is CC(C)(C(=O)NCCCc1cccc(Oc2ccccc2)c1)P(=O)(O)O.[K].[K]. The van der Waals surface area contributed by atoms with Crippen LogP contribution in [0.25, 0.3) is 0 Å². The van der Waals surface area contributed by atoms with E-state index in [4.69, 9.17) is 4.74 Å². The molecule has 0 unspecified atom stereocenters. The number of carbonyl (C=O) groups excluding carboxylic acids is 1. The third kappa shape index (κ3) is 9.10. The van der Waals surface area contributed by atoms with Crippen molar-refractivity contribution in [3.8, 4) is 11.5 Å². The van der Waals surface area contributed by atoms with Crippen LogP contribution in [0.15, 0.2) is 54.6 Å². The van der Waals surface area contributed by atoms with E-state index < -0.39 is 18.7 Å². The summed E-state index contributed by atoms with van der Waals surface area (Å²) in [6, 6.07) is 17.2. The van der Waals surface area contributed by atoms with Gasteiger partial charge in [-0.1, -0.05) is 30.3 Å². The van der Waals surface area contributed by atoms with Crippen molar-refractivity contribution in [3.05, 3.63) is 60.2 Å². The van der Waals surface area contributed by atoms with E-state index in [1.54, 1.807) is 0 Å². The van der Waals surface area contributed by atoms with Crippen LogP contribution >= 0.6 is 7.60 Å². The summed E-state index contributed by atoms with van der Waals surface area (Å²) >= 11 is 0. The minimum atomic E-state index is -4.50. The molecule has 9 heteroatoms. The summed E-state index contributed by atoms with van der Waals surface area (Å²) in [4.78, 5) is 30.4. The number of para-hydroxylation sites is 1. The van der Waals surface area contributed by atoms with Crippen LogP contribution in [0.2, 0.25) is 0 Å². The number of carbonyl (C=O) groups is 1. The maximum Gasteiger partial charge on any atom is 0.340 e. The summed E-state index contributed by atoms with van der Waals surface area (Å²) in [6.45, 7) is 2.83. The van der Waals surface area contributed by atoms with E-state index in [9.17, 15) is 19.1 Å². The number of aryl methyl sites for hydroxylation is 1. The number of ether oxygens (including phenoxy) is 1. The van der Waals surface area contributed by atoms with E-state index in [1.165, 1.54) is 13.8 Å². The molecule has 1 amide bonds. The molecule has 2 radical (unpaired) electrons. The quantitative estimate of drug-likeness (QED) is 0.323. The summed E-state index contributed by atoms with van der Waals surface area (Å²) in [5.41, 5.74) is 1.06. The molecule has 0 atom stereocenters. The van der Waals surface area contributed by atoms with Crippen molar-refractivity contribution in [2.45, 2.75) is 31.8 Å². The Kier molecular flexibility index (Phi) is 14.1. The average Bonchev–Trinajstić information content (AvgIpc) is 2.59. The Hall–Kier alpha value is 1.13. The van der Waals surface area contributed by atoms with Crippen LogP contribution in [-0.2, 0) is 15.8 Å². The third-order valence-corrected chi connectivity index (χ3v) is 5.75. The standard InChI is InChI=1S/C19H24NO5P.2K/c1-19(2,26(22,23)24)18(21)20-13-7-9-15-8-6-12-17(14-15)25-16-10-4-3-5-11-16;;/h3-6,8,10-12,14H,7,9,13H2,1-2H3,(H,20,21)(H2,22,23,24);;. The average molecular weight is 456 g/mol. The molecule has 6 nitrogen and oxygen atoms in total. The first-order chi connectivity index (χ1) is 12.2. The molecule has 0 aliphatic rings. The van der Waals surface area contributed by atoms with Gasteiger partial charge in [-0.25, -0.2) is 0 Å². The fourth-order valence-electron chi connectivity index (χ4n) is 2.23. The van der Waals surface area contributed by atoms with E-state index in [0.717, 1.165) is 17.1 Å². The molecule has 28 heavy (non-hydrogen) atoms. The Balaban J connectivity index is 0.00000364. The Morgan fingerprint density at radius 2 is 1.64 bits per heavy atom. The molecule has 2 aromatic rings. The van der Waals surface area contributed by atoms with E-state index in [0.29, 0.717) is 19.4 Å². The smallest absolute Gasteiger partial charge is 0.340 e. The second kappa shape index (κ2) is 13.5. The van der Waals surface area contributed by atoms with Crippen molar-refractivity contribution in [2.75, 3.05) is 6.54 Å². The normalized spacial score (nSPS) is 11.0. The van der Waals surface area contributed by atoms with Crippen LogP contribution < -0.4 is 10.1 Å². The van der Waals surface area contributed by atoms with E-state index >= 15 is 0 Å². The number of hydrogen-bond acceptors (Lipinski definition) is 3. The Bertz CT molecular complexity index is 796. The zero-order chi connectivity index (χ0) is 19.2. The van der Waals surface area contributed by atoms with Gasteiger partial charge in [0.1, 0.15) is 16.7 Å². The van der Waals surface area contributed by atoms with E-state index in [-0.39, 0.29) is 103 Å². The number of nitrogens with one attached hydrogen (secondary N) is 1. The molecule has 0 heterocycles. The van der Waals surface area contributed by atoms with Crippen LogP contribution in [0.1, 0.15) is 25.8 Å². The zero-order valence-electron chi connectivity index (χ0n) is 16.9. The summed E-state index contributed by atoms with van der Waals surface area (Å²) in [6.07, 6.45) is 1.36. The fraction of sp³-hybridized carbons (Fsp3) is 0.316. The monoisotopic (exact) mass is 455 g/mol. The molecule has 0 saturated heterocycles. The van der Waals surface area contributed by atoms with Crippen LogP contribution in [0.4, 0.5) is 0 Å². The van der Waals surface area contributed by atoms with Crippen molar-refractivity contribution in [2.24, 2.45) is 0 Å². The molecule has 0 aromatic heterocycles. The van der Waals surface area contributed by atoms with Gasteiger partial charge in [0.25, 0.3) is 0 Å². The molecule has 3 N–H and O–H groups in total. The summed E-state index contributed by atoms with van der Waals surface area (Å²) in [5, 5.41) is 0.866. The van der Waals surface area contributed by atoms with Crippen LogP contribution in [0, 0.1) is 0 Å². The van der Waals surface area contributed by atoms with Crippen molar-refractivity contribution in [1.82, 2.24) is 5.32 Å². The Morgan fingerprint density at radius 3 is 2.25 bits per heavy atom. The maximum absolute atomic E-state index is 12.0. The molecule has 0 spiro atoms. The zero-order valence-corrected chi connectivity index (χ0v) is 24.0. The predicted octanol–water partition coefficient (Wildman–Crippen LogP) is 2.72. The third-order valence-electron chi connectivity index (χ3n) is 4.09. The topological polar surface area (TPSA) is 95.9 Å². The summed E-state index contributed by atoms with van der Waals surface area (Å²) in [5.74, 6) is 0.851. The van der Waals surface area contributed by atoms with Crippen molar-refractivity contribution in [1.29, 1.82) is 0 Å². The van der Waals surface area contributed by atoms with Crippen molar-refractivity contribution < 1.29 is 23.9 Å². The Morgan fingerprint density at radius 1 is 1.04 bits per heavy atom. The minimum Gasteiger partial charge on any atom is -0.457 e. The van der Waals surface area contributed by atoms with Crippen LogP contribution in [0.5, 0.6) is 11.5 Å². The van der Waals surface area contributed by atoms with Crippen molar-refractivity contribution >= 4 is 116 Å². The molecular formula is C19H24K2NO5P. The molecule has 0 aliphatic carbocycles. The van der Waals surface area contributed by atoms with Crippen LogP contribution in [0.3, 0.4) is 0 Å². The fourth-order valence-corrected chi connectivity index (χ4v) is 2.58. The van der Waals surface area contributed by atoms with Gasteiger partial charge in [-0.15, -0.1) is 0 Å². The first kappa shape index (κ1) is 29.1. The molecule has 2 aromatic carbocycles. The maximum atomic E-state index is 12.0. The molecule has 142 valence electrons. The number of rotatable bonds is 8. The largest absolute Gasteiger partial charge is 0.457 e. The Labute approximate surface area is 251 Å². The molecule has 2 rings (SSSR count). The van der Waals surface area contributed by atoms with Gasteiger partial charge in [-0.3, -0.25) is 9.36 Å². The molecule has 0 saturated carbocycles. The predicted molar refractivity (Wildman–Crippen MR) is 112 cm³/mol. The molecule has 0 aliphatic heterocycles. The minimum absolute atomic E-state index is 0. The van der Waals surface area contributed by atoms with Gasteiger partial charge < -0.3 is 19.8 Å². The van der Waals surface area contributed by atoms with Gasteiger partial charge >= 0.3 is 7.60 Å². The van der Waals surface area contributed by atoms with Crippen molar-refractivity contribution in [3.63, 3.8) is 0 Å². The number of hydrogen-bond donors (Lipinski definition) is 3. The van der Waals surface area contributed by atoms with Gasteiger partial charge in [0.15, 0.2) is 0 Å². The second-order valence-corrected chi connectivity index (χ2v) is 8.73. The number of benzene rings is 2. The molecule has 0 bridgehead atoms. The van der Waals surface area contributed by atoms with Gasteiger partial charge in [-0.2, -0.15) is 0 Å². The van der Waals surface area contributed by atoms with E-state index in [2.05, 4.69) is 5.32 Å². The first-order valence-electron chi connectivity index (χ1n) is 8.36. The molecular weight excluding hydrogens is 431 g/mol. The van der Waals surface area contributed by atoms with Gasteiger partial charge in [0.05, 0.1) is 0 Å².